The summed E-state index contributed by atoms with van der Waals surface area (Å²) in [6.45, 7) is 0.741. The molecule has 0 aliphatic rings. The molecule has 0 saturated carbocycles. The lowest BCUT2D eigenvalue weighted by molar-refractivity contribution is 0.414. The average Bonchev–Trinajstić information content (AvgIpc) is 2.47. The fourth-order valence-electron chi connectivity index (χ4n) is 1.73. The van der Waals surface area contributed by atoms with Gasteiger partial charge in [-0.2, -0.15) is 0 Å². The first-order valence-electron chi connectivity index (χ1n) is 5.94. The molecule has 2 aromatic rings. The van der Waals surface area contributed by atoms with E-state index in [1.165, 1.54) is 0 Å². The van der Waals surface area contributed by atoms with Crippen molar-refractivity contribution < 1.29 is 4.74 Å². The van der Waals surface area contributed by atoms with Crippen molar-refractivity contribution in [3.63, 3.8) is 0 Å². The van der Waals surface area contributed by atoms with Crippen LogP contribution >= 0.6 is 15.9 Å². The van der Waals surface area contributed by atoms with Crippen molar-refractivity contribution in [3.05, 3.63) is 47.8 Å². The highest BCUT2D eigenvalue weighted by molar-refractivity contribution is 9.08. The summed E-state index contributed by atoms with van der Waals surface area (Å²) in [6, 6.07) is 8.00. The van der Waals surface area contributed by atoms with Gasteiger partial charge < -0.3 is 9.64 Å². The molecule has 0 saturated heterocycles. The van der Waals surface area contributed by atoms with E-state index in [1.807, 2.05) is 42.5 Å². The van der Waals surface area contributed by atoms with E-state index in [2.05, 4.69) is 32.0 Å². The molecule has 4 nitrogen and oxygen atoms in total. The van der Waals surface area contributed by atoms with Crippen molar-refractivity contribution >= 4 is 21.9 Å². The van der Waals surface area contributed by atoms with Gasteiger partial charge in [0, 0.05) is 31.3 Å². The number of rotatable bonds is 5. The Balaban J connectivity index is 2.08. The zero-order chi connectivity index (χ0) is 13.7. The van der Waals surface area contributed by atoms with Crippen LogP contribution < -0.4 is 9.64 Å². The Morgan fingerprint density at radius 1 is 1.21 bits per heavy atom. The van der Waals surface area contributed by atoms with Gasteiger partial charge in [0.15, 0.2) is 0 Å². The molecular formula is C14H16BrN3O. The molecule has 19 heavy (non-hydrogen) atoms. The molecule has 1 aromatic carbocycles. The lowest BCUT2D eigenvalue weighted by Gasteiger charge is -2.17. The van der Waals surface area contributed by atoms with Gasteiger partial charge in [0.2, 0.25) is 5.95 Å². The second-order valence-corrected chi connectivity index (χ2v) is 4.79. The van der Waals surface area contributed by atoms with Crippen LogP contribution in [-0.4, -0.2) is 24.1 Å². The van der Waals surface area contributed by atoms with Crippen LogP contribution in [0.15, 0.2) is 36.7 Å². The first kappa shape index (κ1) is 13.8. The van der Waals surface area contributed by atoms with Crippen molar-refractivity contribution in [3.8, 4) is 5.75 Å². The minimum atomic E-state index is 0.715. The quantitative estimate of drug-likeness (QED) is 0.793. The molecule has 0 amide bonds. The molecule has 1 aromatic heterocycles. The number of anilines is 1. The van der Waals surface area contributed by atoms with Gasteiger partial charge in [0.05, 0.1) is 7.11 Å². The number of benzene rings is 1. The molecule has 0 aliphatic carbocycles. The number of halogens is 1. The Labute approximate surface area is 121 Å². The number of aromatic nitrogens is 2. The monoisotopic (exact) mass is 321 g/mol. The molecule has 0 spiro atoms. The first-order valence-corrected chi connectivity index (χ1v) is 7.06. The average molecular weight is 322 g/mol. The molecule has 100 valence electrons. The lowest BCUT2D eigenvalue weighted by atomic mass is 10.2. The molecule has 0 unspecified atom stereocenters. The summed E-state index contributed by atoms with van der Waals surface area (Å²) in [4.78, 5) is 10.7. The van der Waals surface area contributed by atoms with Gasteiger partial charge in [-0.25, -0.2) is 9.97 Å². The highest BCUT2D eigenvalue weighted by atomic mass is 79.9. The summed E-state index contributed by atoms with van der Waals surface area (Å²) in [5.41, 5.74) is 2.23. The fourth-order valence-corrected chi connectivity index (χ4v) is 2.02. The van der Waals surface area contributed by atoms with Crippen LogP contribution in [0.2, 0.25) is 0 Å². The highest BCUT2D eigenvalue weighted by Crippen LogP contribution is 2.16. The van der Waals surface area contributed by atoms with Crippen LogP contribution in [0.3, 0.4) is 0 Å². The van der Waals surface area contributed by atoms with Gasteiger partial charge in [-0.15, -0.1) is 0 Å². The van der Waals surface area contributed by atoms with Gasteiger partial charge in [0.1, 0.15) is 5.75 Å². The van der Waals surface area contributed by atoms with Gasteiger partial charge in [-0.3, -0.25) is 0 Å². The minimum Gasteiger partial charge on any atom is -0.497 e. The standard InChI is InChI=1S/C14H16BrN3O/c1-18(14-16-8-12(7-15)9-17-14)10-11-4-3-5-13(6-11)19-2/h3-6,8-9H,7,10H2,1-2H3. The van der Waals surface area contributed by atoms with E-state index >= 15 is 0 Å². The first-order chi connectivity index (χ1) is 9.22. The van der Waals surface area contributed by atoms with E-state index in [9.17, 15) is 0 Å². The summed E-state index contributed by atoms with van der Waals surface area (Å²) >= 11 is 3.38. The SMILES string of the molecule is COc1cccc(CN(C)c2ncc(CBr)cn2)c1. The molecule has 5 heteroatoms. The summed E-state index contributed by atoms with van der Waals surface area (Å²) in [5, 5.41) is 0.771. The predicted octanol–water partition coefficient (Wildman–Crippen LogP) is 3.02. The fraction of sp³-hybridized carbons (Fsp3) is 0.286. The maximum absolute atomic E-state index is 5.22. The van der Waals surface area contributed by atoms with Gasteiger partial charge >= 0.3 is 0 Å². The second-order valence-electron chi connectivity index (χ2n) is 4.23. The molecule has 0 bridgehead atoms. The van der Waals surface area contributed by atoms with Crippen LogP contribution in [0.1, 0.15) is 11.1 Å². The zero-order valence-electron chi connectivity index (χ0n) is 11.0. The van der Waals surface area contributed by atoms with Crippen molar-refractivity contribution in [1.29, 1.82) is 0 Å². The topological polar surface area (TPSA) is 38.2 Å². The predicted molar refractivity (Wildman–Crippen MR) is 79.8 cm³/mol. The number of nitrogens with zero attached hydrogens (tertiary/aromatic N) is 3. The van der Waals surface area contributed by atoms with Crippen molar-refractivity contribution in [2.24, 2.45) is 0 Å². The Morgan fingerprint density at radius 3 is 2.58 bits per heavy atom. The number of alkyl halides is 1. The van der Waals surface area contributed by atoms with E-state index < -0.39 is 0 Å². The van der Waals surface area contributed by atoms with E-state index in [1.54, 1.807) is 7.11 Å². The minimum absolute atomic E-state index is 0.715. The number of ether oxygens (including phenoxy) is 1. The molecule has 0 N–H and O–H groups in total. The van der Waals surface area contributed by atoms with Crippen molar-refractivity contribution in [2.75, 3.05) is 19.1 Å². The van der Waals surface area contributed by atoms with E-state index in [-0.39, 0.29) is 0 Å². The third-order valence-electron chi connectivity index (χ3n) is 2.74. The Bertz CT molecular complexity index is 530. The zero-order valence-corrected chi connectivity index (χ0v) is 12.6. The van der Waals surface area contributed by atoms with E-state index in [0.717, 1.165) is 28.8 Å². The Hall–Kier alpha value is -1.62. The molecule has 0 fully saturated rings. The van der Waals surface area contributed by atoms with Gasteiger partial charge in [-0.05, 0) is 23.3 Å². The highest BCUT2D eigenvalue weighted by Gasteiger charge is 2.05. The van der Waals surface area contributed by atoms with Crippen molar-refractivity contribution in [2.45, 2.75) is 11.9 Å². The van der Waals surface area contributed by atoms with Crippen LogP contribution in [0.4, 0.5) is 5.95 Å². The maximum Gasteiger partial charge on any atom is 0.225 e. The van der Waals surface area contributed by atoms with E-state index in [0.29, 0.717) is 5.95 Å². The Morgan fingerprint density at radius 2 is 1.95 bits per heavy atom. The van der Waals surface area contributed by atoms with Gasteiger partial charge in [0.25, 0.3) is 0 Å². The van der Waals surface area contributed by atoms with Gasteiger partial charge in [-0.1, -0.05) is 28.1 Å². The molecular weight excluding hydrogens is 306 g/mol. The second kappa shape index (κ2) is 6.52. The largest absolute Gasteiger partial charge is 0.497 e. The summed E-state index contributed by atoms with van der Waals surface area (Å²) < 4.78 is 5.22. The normalized spacial score (nSPS) is 10.3. The molecule has 0 atom stereocenters. The number of hydrogen-bond donors (Lipinski definition) is 0. The summed E-state index contributed by atoms with van der Waals surface area (Å²) in [7, 11) is 3.65. The molecule has 0 radical (unpaired) electrons. The Kier molecular flexibility index (Phi) is 4.74. The smallest absolute Gasteiger partial charge is 0.225 e. The van der Waals surface area contributed by atoms with Crippen molar-refractivity contribution in [1.82, 2.24) is 9.97 Å². The van der Waals surface area contributed by atoms with Crippen LogP contribution in [0, 0.1) is 0 Å². The lowest BCUT2D eigenvalue weighted by Crippen LogP contribution is -2.19. The number of methoxy groups -OCH3 is 1. The summed E-state index contributed by atoms with van der Waals surface area (Å²) in [6.07, 6.45) is 3.66. The number of hydrogen-bond acceptors (Lipinski definition) is 4. The third kappa shape index (κ3) is 3.67. The maximum atomic E-state index is 5.22. The van der Waals surface area contributed by atoms with E-state index in [4.69, 9.17) is 4.74 Å². The summed E-state index contributed by atoms with van der Waals surface area (Å²) in [5.74, 6) is 1.58. The van der Waals surface area contributed by atoms with Crippen LogP contribution in [0.5, 0.6) is 5.75 Å². The molecule has 0 aliphatic heterocycles. The third-order valence-corrected chi connectivity index (χ3v) is 3.39. The van der Waals surface area contributed by atoms with Crippen LogP contribution in [0.25, 0.3) is 0 Å². The molecule has 2 rings (SSSR count). The molecule has 1 heterocycles. The van der Waals surface area contributed by atoms with Crippen LogP contribution in [-0.2, 0) is 11.9 Å².